The number of hydrogen-bond acceptors (Lipinski definition) is 8. The maximum absolute atomic E-state index is 14.8. The molecule has 3 N–H and O–H groups in total. The lowest BCUT2D eigenvalue weighted by Crippen LogP contribution is -2.48. The summed E-state index contributed by atoms with van der Waals surface area (Å²) in [6.45, 7) is 8.16. The minimum absolute atomic E-state index is 0.0316. The summed E-state index contributed by atoms with van der Waals surface area (Å²) in [6.07, 6.45) is 1.92. The summed E-state index contributed by atoms with van der Waals surface area (Å²) in [5.41, 5.74) is 3.24. The average molecular weight is 715 g/mol. The molecule has 0 radical (unpaired) electrons. The second kappa shape index (κ2) is 13.7. The monoisotopic (exact) mass is 714 g/mol. The molecule has 0 aliphatic carbocycles. The van der Waals surface area contributed by atoms with E-state index in [0.29, 0.717) is 48.9 Å². The van der Waals surface area contributed by atoms with Gasteiger partial charge in [-0.2, -0.15) is 0 Å². The van der Waals surface area contributed by atoms with Crippen LogP contribution in [-0.2, 0) is 33.0 Å². The van der Waals surface area contributed by atoms with Crippen LogP contribution in [0, 0.1) is 5.92 Å². The molecule has 262 valence electrons. The Labute approximate surface area is 297 Å². The number of carbonyl (C=O) groups excluding carboxylic acids is 2. The molecular weight excluding hydrogens is 672 g/mol. The molecule has 1 aromatic heterocycles. The Kier molecular flexibility index (Phi) is 9.44. The van der Waals surface area contributed by atoms with E-state index in [1.54, 1.807) is 20.5 Å². The second-order valence-corrected chi connectivity index (χ2v) is 18.6. The van der Waals surface area contributed by atoms with Crippen molar-refractivity contribution >= 4 is 43.1 Å². The van der Waals surface area contributed by atoms with Crippen molar-refractivity contribution in [3.05, 3.63) is 106 Å². The summed E-state index contributed by atoms with van der Waals surface area (Å²) < 4.78 is 8.72. The number of aromatic nitrogens is 3. The van der Waals surface area contributed by atoms with Gasteiger partial charge in [0.25, 0.3) is 5.91 Å². The van der Waals surface area contributed by atoms with Crippen LogP contribution in [-0.4, -0.2) is 77.4 Å². The smallest absolute Gasteiger partial charge is 0.264 e. The van der Waals surface area contributed by atoms with Crippen LogP contribution < -0.4 is 15.1 Å². The van der Waals surface area contributed by atoms with Crippen LogP contribution in [0.5, 0.6) is 0 Å². The summed E-state index contributed by atoms with van der Waals surface area (Å²) in [5.74, 6) is -0.773. The van der Waals surface area contributed by atoms with Gasteiger partial charge < -0.3 is 29.8 Å². The molecular formula is C37H43ClN6O5Si. The number of nitrogens with one attached hydrogen (secondary N) is 1. The second-order valence-electron chi connectivity index (χ2n) is 14.1. The zero-order valence-electron chi connectivity index (χ0n) is 28.5. The molecule has 2 saturated heterocycles. The number of carbonyl (C=O) groups is 2. The molecule has 11 nitrogen and oxygen atoms in total. The Morgan fingerprint density at radius 1 is 1.10 bits per heavy atom. The number of hydrogen-bond donors (Lipinski definition) is 3. The Hall–Kier alpha value is -3.91. The Morgan fingerprint density at radius 3 is 2.56 bits per heavy atom. The molecule has 5 atom stereocenters. The van der Waals surface area contributed by atoms with E-state index in [1.165, 1.54) is 0 Å². The van der Waals surface area contributed by atoms with E-state index < -0.39 is 20.0 Å². The third kappa shape index (κ3) is 6.18. The van der Waals surface area contributed by atoms with Crippen molar-refractivity contribution < 1.29 is 24.2 Å². The lowest BCUT2D eigenvalue weighted by molar-refractivity contribution is -0.146. The minimum Gasteiger partial charge on any atom is -0.432 e. The van der Waals surface area contributed by atoms with Gasteiger partial charge in [-0.05, 0) is 61.0 Å². The van der Waals surface area contributed by atoms with Crippen molar-refractivity contribution in [3.63, 3.8) is 0 Å². The fraction of sp³-hybridized carbons (Fsp3) is 0.405. The Morgan fingerprint density at radius 2 is 1.86 bits per heavy atom. The van der Waals surface area contributed by atoms with Gasteiger partial charge in [-0.15, -0.1) is 5.10 Å². The van der Waals surface area contributed by atoms with Gasteiger partial charge in [0, 0.05) is 53.6 Å². The number of halogens is 1. The number of amides is 2. The predicted octanol–water partition coefficient (Wildman–Crippen LogP) is 4.43. The van der Waals surface area contributed by atoms with Crippen molar-refractivity contribution in [1.29, 1.82) is 0 Å². The number of piperazine rings is 1. The molecule has 4 heterocycles. The molecule has 1 unspecified atom stereocenters. The SMILES string of the molecule is C[C@@H]1[C@@H]([Si](C)(C)O)[C@H](CCn2cc(C(CO)c3ccccc3)nn2)O[C@@]12C(=O)N(Cc1ccc(N3CCNCC3=O)cc1)c1ccc(Cl)cc12. The lowest BCUT2D eigenvalue weighted by atomic mass is 9.82. The Bertz CT molecular complexity index is 1870. The van der Waals surface area contributed by atoms with Crippen LogP contribution in [0.25, 0.3) is 0 Å². The van der Waals surface area contributed by atoms with Crippen molar-refractivity contribution in [2.75, 3.05) is 36.0 Å². The van der Waals surface area contributed by atoms with Crippen molar-refractivity contribution in [1.82, 2.24) is 20.3 Å². The highest BCUT2D eigenvalue weighted by Gasteiger charge is 2.66. The maximum Gasteiger partial charge on any atom is 0.264 e. The highest BCUT2D eigenvalue weighted by Crippen LogP contribution is 2.60. The van der Waals surface area contributed by atoms with E-state index in [2.05, 4.69) is 15.6 Å². The van der Waals surface area contributed by atoms with E-state index in [4.69, 9.17) is 16.3 Å². The minimum atomic E-state index is -2.88. The maximum atomic E-state index is 14.8. The van der Waals surface area contributed by atoms with Crippen molar-refractivity contribution in [3.8, 4) is 0 Å². The molecule has 3 aromatic carbocycles. The zero-order valence-corrected chi connectivity index (χ0v) is 30.3. The first-order valence-corrected chi connectivity index (χ1v) is 20.6. The number of ether oxygens (including phenoxy) is 1. The van der Waals surface area contributed by atoms with Crippen molar-refractivity contribution in [2.45, 2.75) is 62.7 Å². The number of benzene rings is 3. The number of rotatable bonds is 10. The number of fused-ring (bicyclic) bond motifs is 2. The topological polar surface area (TPSA) is 133 Å². The van der Waals surface area contributed by atoms with E-state index in [-0.39, 0.29) is 35.8 Å². The molecule has 13 heteroatoms. The first kappa shape index (κ1) is 34.5. The van der Waals surface area contributed by atoms with Gasteiger partial charge in [0.05, 0.1) is 43.1 Å². The van der Waals surface area contributed by atoms with Gasteiger partial charge in [0.2, 0.25) is 5.91 Å². The fourth-order valence-corrected chi connectivity index (χ4v) is 11.0. The summed E-state index contributed by atoms with van der Waals surface area (Å²) in [5, 5.41) is 22.5. The quantitative estimate of drug-likeness (QED) is 0.206. The van der Waals surface area contributed by atoms with E-state index in [9.17, 15) is 19.5 Å². The van der Waals surface area contributed by atoms with Crippen LogP contribution >= 0.6 is 11.6 Å². The van der Waals surface area contributed by atoms with Gasteiger partial charge in [-0.25, -0.2) is 0 Å². The molecule has 7 rings (SSSR count). The first-order chi connectivity index (χ1) is 24.0. The van der Waals surface area contributed by atoms with Crippen LogP contribution in [0.2, 0.25) is 23.7 Å². The van der Waals surface area contributed by atoms with Gasteiger partial charge in [-0.1, -0.05) is 66.2 Å². The van der Waals surface area contributed by atoms with Crippen LogP contribution in [0.15, 0.2) is 79.0 Å². The van der Waals surface area contributed by atoms with E-state index >= 15 is 0 Å². The average Bonchev–Trinajstić information content (AvgIpc) is 3.75. The number of aryl methyl sites for hydroxylation is 1. The van der Waals surface area contributed by atoms with Gasteiger partial charge >= 0.3 is 0 Å². The summed E-state index contributed by atoms with van der Waals surface area (Å²) >= 11 is 6.58. The molecule has 2 fully saturated rings. The number of aliphatic hydroxyl groups excluding tert-OH is 1. The molecule has 3 aliphatic rings. The predicted molar refractivity (Wildman–Crippen MR) is 193 cm³/mol. The third-order valence-corrected chi connectivity index (χ3v) is 13.3. The van der Waals surface area contributed by atoms with Gasteiger partial charge in [0.15, 0.2) is 13.9 Å². The van der Waals surface area contributed by atoms with Crippen LogP contribution in [0.3, 0.4) is 0 Å². The molecule has 50 heavy (non-hydrogen) atoms. The largest absolute Gasteiger partial charge is 0.432 e. The van der Waals surface area contributed by atoms with E-state index in [0.717, 1.165) is 29.0 Å². The highest BCUT2D eigenvalue weighted by atomic mass is 35.5. The summed E-state index contributed by atoms with van der Waals surface area (Å²) in [7, 11) is -2.88. The highest BCUT2D eigenvalue weighted by molar-refractivity contribution is 6.71. The molecule has 0 saturated carbocycles. The molecule has 1 spiro atoms. The fourth-order valence-electron chi connectivity index (χ4n) is 8.22. The zero-order chi connectivity index (χ0) is 35.2. The third-order valence-electron chi connectivity index (χ3n) is 10.6. The molecule has 3 aliphatic heterocycles. The number of aliphatic hydroxyl groups is 1. The van der Waals surface area contributed by atoms with E-state index in [1.807, 2.05) is 92.9 Å². The standard InChI is InChI=1S/C37H43ClN6O5Si/c1-24-35(50(2,3)48)33(15-17-42-22-31(40-41-42)29(23-45)26-7-5-4-6-8-26)49-37(24)30-19-27(38)11-14-32(30)44(36(37)47)21-25-9-12-28(13-10-25)43-18-16-39-20-34(43)46/h4-14,19,22,24,29,33,35,39,45,48H,15-18,20-21,23H2,1-3H3/t24-,29?,33+,35-,37+/m1/s1. The van der Waals surface area contributed by atoms with Crippen LogP contribution in [0.4, 0.5) is 11.4 Å². The molecule has 0 bridgehead atoms. The van der Waals surface area contributed by atoms with Gasteiger partial charge in [-0.3, -0.25) is 14.3 Å². The number of nitrogens with zero attached hydrogens (tertiary/aromatic N) is 5. The first-order valence-electron chi connectivity index (χ1n) is 17.2. The Balaban J connectivity index is 1.15. The normalized spacial score (nSPS) is 24.3. The molecule has 4 aromatic rings. The number of anilines is 2. The molecule has 2 amide bonds. The summed E-state index contributed by atoms with van der Waals surface area (Å²) in [4.78, 5) is 42.5. The lowest BCUT2D eigenvalue weighted by Gasteiger charge is -2.32. The van der Waals surface area contributed by atoms with Gasteiger partial charge in [0.1, 0.15) is 0 Å². The van der Waals surface area contributed by atoms with Crippen LogP contribution in [0.1, 0.15) is 41.6 Å². The van der Waals surface area contributed by atoms with Crippen molar-refractivity contribution in [2.24, 2.45) is 5.92 Å². The summed E-state index contributed by atoms with van der Waals surface area (Å²) in [6, 6.07) is 23.0.